The summed E-state index contributed by atoms with van der Waals surface area (Å²) in [6.45, 7) is 0.637. The molecule has 2 aromatic rings. The van der Waals surface area contributed by atoms with Gasteiger partial charge >= 0.3 is 5.97 Å². The number of hydrogen-bond donors (Lipinski definition) is 1. The van der Waals surface area contributed by atoms with Crippen LogP contribution in [0.2, 0.25) is 0 Å². The summed E-state index contributed by atoms with van der Waals surface area (Å²) in [4.78, 5) is 19.3. The zero-order valence-electron chi connectivity index (χ0n) is 9.96. The van der Waals surface area contributed by atoms with Crippen LogP contribution in [0.25, 0.3) is 0 Å². The number of methoxy groups -OCH3 is 1. The van der Waals surface area contributed by atoms with Gasteiger partial charge < -0.3 is 10.1 Å². The van der Waals surface area contributed by atoms with Gasteiger partial charge in [0.1, 0.15) is 5.69 Å². The Balaban J connectivity index is 2.04. The Morgan fingerprint density at radius 3 is 3.00 bits per heavy atom. The molecule has 0 radical (unpaired) electrons. The summed E-state index contributed by atoms with van der Waals surface area (Å²) in [7, 11) is 1.33. The number of aromatic nitrogens is 2. The van der Waals surface area contributed by atoms with E-state index in [1.54, 1.807) is 30.7 Å². The summed E-state index contributed by atoms with van der Waals surface area (Å²) in [6, 6.07) is 7.30. The van der Waals surface area contributed by atoms with Crippen molar-refractivity contribution < 1.29 is 9.53 Å². The first-order chi connectivity index (χ1) is 8.79. The van der Waals surface area contributed by atoms with Crippen molar-refractivity contribution in [2.45, 2.75) is 6.54 Å². The molecule has 2 aromatic heterocycles. The molecule has 0 atom stereocenters. The predicted molar refractivity (Wildman–Crippen MR) is 67.1 cm³/mol. The van der Waals surface area contributed by atoms with Crippen LogP contribution in [-0.2, 0) is 11.3 Å². The lowest BCUT2D eigenvalue weighted by molar-refractivity contribution is 0.0594. The number of nitrogens with one attached hydrogen (secondary N) is 1. The summed E-state index contributed by atoms with van der Waals surface area (Å²) >= 11 is 0. The molecule has 0 amide bonds. The topological polar surface area (TPSA) is 64.1 Å². The average Bonchev–Trinajstić information content (AvgIpc) is 2.45. The number of rotatable bonds is 4. The molecule has 0 spiro atoms. The minimum absolute atomic E-state index is 0.286. The molecule has 0 aromatic carbocycles. The minimum atomic E-state index is -0.444. The molecule has 5 heteroatoms. The van der Waals surface area contributed by atoms with Gasteiger partial charge in [0.15, 0.2) is 0 Å². The number of anilines is 1. The maximum absolute atomic E-state index is 11.3. The normalized spacial score (nSPS) is 9.83. The second-order valence-corrected chi connectivity index (χ2v) is 3.64. The molecule has 2 heterocycles. The number of esters is 1. The molecule has 0 unspecified atom stereocenters. The minimum Gasteiger partial charge on any atom is -0.464 e. The Bertz CT molecular complexity index is 529. The van der Waals surface area contributed by atoms with Crippen molar-refractivity contribution >= 4 is 11.7 Å². The Labute approximate surface area is 105 Å². The second-order valence-electron chi connectivity index (χ2n) is 3.64. The van der Waals surface area contributed by atoms with E-state index in [-0.39, 0.29) is 5.69 Å². The van der Waals surface area contributed by atoms with Crippen molar-refractivity contribution in [2.75, 3.05) is 12.4 Å². The van der Waals surface area contributed by atoms with Crippen molar-refractivity contribution in [3.05, 3.63) is 54.1 Å². The lowest BCUT2D eigenvalue weighted by atomic mass is 10.2. The van der Waals surface area contributed by atoms with Crippen molar-refractivity contribution in [3.63, 3.8) is 0 Å². The standard InChI is InChI=1S/C13H13N3O2/c1-18-13(17)12-7-11(4-6-15-12)16-9-10-3-2-5-14-8-10/h2-8H,9H2,1H3,(H,15,16). The average molecular weight is 243 g/mol. The fourth-order valence-corrected chi connectivity index (χ4v) is 1.46. The third kappa shape index (κ3) is 3.04. The van der Waals surface area contributed by atoms with E-state index in [0.717, 1.165) is 11.3 Å². The van der Waals surface area contributed by atoms with Gasteiger partial charge in [-0.1, -0.05) is 6.07 Å². The van der Waals surface area contributed by atoms with Gasteiger partial charge in [0.05, 0.1) is 7.11 Å². The Morgan fingerprint density at radius 1 is 1.39 bits per heavy atom. The van der Waals surface area contributed by atoms with Gasteiger partial charge in [0.2, 0.25) is 0 Å². The van der Waals surface area contributed by atoms with Gasteiger partial charge in [-0.25, -0.2) is 9.78 Å². The van der Waals surface area contributed by atoms with Crippen LogP contribution in [0, 0.1) is 0 Å². The number of pyridine rings is 2. The molecule has 0 aliphatic carbocycles. The van der Waals surface area contributed by atoms with Gasteiger partial charge in [0.25, 0.3) is 0 Å². The van der Waals surface area contributed by atoms with E-state index in [4.69, 9.17) is 0 Å². The highest BCUT2D eigenvalue weighted by Gasteiger charge is 2.07. The summed E-state index contributed by atoms with van der Waals surface area (Å²) in [5, 5.41) is 3.19. The lowest BCUT2D eigenvalue weighted by Crippen LogP contribution is -2.06. The van der Waals surface area contributed by atoms with Crippen LogP contribution in [0.1, 0.15) is 16.1 Å². The molecule has 92 valence electrons. The van der Waals surface area contributed by atoms with E-state index in [9.17, 15) is 4.79 Å². The Morgan fingerprint density at radius 2 is 2.28 bits per heavy atom. The molecule has 0 bridgehead atoms. The van der Waals surface area contributed by atoms with E-state index in [2.05, 4.69) is 20.0 Å². The lowest BCUT2D eigenvalue weighted by Gasteiger charge is -2.07. The molecular weight excluding hydrogens is 230 g/mol. The van der Waals surface area contributed by atoms with Gasteiger partial charge in [0, 0.05) is 30.8 Å². The summed E-state index contributed by atoms with van der Waals surface area (Å²) in [6.07, 6.45) is 5.08. The van der Waals surface area contributed by atoms with Crippen LogP contribution in [-0.4, -0.2) is 23.0 Å². The zero-order chi connectivity index (χ0) is 12.8. The molecule has 2 rings (SSSR count). The number of ether oxygens (including phenoxy) is 1. The molecule has 18 heavy (non-hydrogen) atoms. The zero-order valence-corrected chi connectivity index (χ0v) is 9.96. The third-order valence-electron chi connectivity index (χ3n) is 2.37. The highest BCUT2D eigenvalue weighted by atomic mass is 16.5. The predicted octanol–water partition coefficient (Wildman–Crippen LogP) is 1.88. The second kappa shape index (κ2) is 5.77. The van der Waals surface area contributed by atoms with Crippen LogP contribution < -0.4 is 5.32 Å². The Hall–Kier alpha value is -2.43. The molecule has 0 aliphatic heterocycles. The molecule has 0 saturated carbocycles. The smallest absolute Gasteiger partial charge is 0.356 e. The highest BCUT2D eigenvalue weighted by molar-refractivity contribution is 5.88. The van der Waals surface area contributed by atoms with Crippen LogP contribution in [0.15, 0.2) is 42.9 Å². The first kappa shape index (κ1) is 12.0. The van der Waals surface area contributed by atoms with Crippen LogP contribution in [0.3, 0.4) is 0 Å². The van der Waals surface area contributed by atoms with Crippen molar-refractivity contribution in [1.29, 1.82) is 0 Å². The quantitative estimate of drug-likeness (QED) is 0.830. The molecule has 0 aliphatic rings. The van der Waals surface area contributed by atoms with Gasteiger partial charge in [-0.15, -0.1) is 0 Å². The summed E-state index contributed by atoms with van der Waals surface area (Å²) in [5.41, 5.74) is 2.16. The van der Waals surface area contributed by atoms with Crippen molar-refractivity contribution in [1.82, 2.24) is 9.97 Å². The van der Waals surface area contributed by atoms with Crippen molar-refractivity contribution in [3.8, 4) is 0 Å². The van der Waals surface area contributed by atoms with E-state index in [1.807, 2.05) is 12.1 Å². The first-order valence-corrected chi connectivity index (χ1v) is 5.47. The monoisotopic (exact) mass is 243 g/mol. The molecule has 0 saturated heterocycles. The SMILES string of the molecule is COC(=O)c1cc(NCc2cccnc2)ccn1. The number of carbonyl (C=O) groups excluding carboxylic acids is 1. The Kier molecular flexibility index (Phi) is 3.86. The molecule has 0 fully saturated rings. The largest absolute Gasteiger partial charge is 0.464 e. The van der Waals surface area contributed by atoms with Crippen LogP contribution in [0.5, 0.6) is 0 Å². The van der Waals surface area contributed by atoms with Crippen molar-refractivity contribution in [2.24, 2.45) is 0 Å². The molecule has 5 nitrogen and oxygen atoms in total. The maximum atomic E-state index is 11.3. The summed E-state index contributed by atoms with van der Waals surface area (Å²) in [5.74, 6) is -0.444. The van der Waals surface area contributed by atoms with Crippen LogP contribution >= 0.6 is 0 Å². The van der Waals surface area contributed by atoms with E-state index >= 15 is 0 Å². The summed E-state index contributed by atoms with van der Waals surface area (Å²) < 4.78 is 4.61. The number of carbonyl (C=O) groups is 1. The fraction of sp³-hybridized carbons (Fsp3) is 0.154. The maximum Gasteiger partial charge on any atom is 0.356 e. The van der Waals surface area contributed by atoms with E-state index < -0.39 is 5.97 Å². The highest BCUT2D eigenvalue weighted by Crippen LogP contribution is 2.10. The van der Waals surface area contributed by atoms with E-state index in [0.29, 0.717) is 6.54 Å². The first-order valence-electron chi connectivity index (χ1n) is 5.47. The van der Waals surface area contributed by atoms with Gasteiger partial charge in [-0.05, 0) is 23.8 Å². The molecular formula is C13H13N3O2. The van der Waals surface area contributed by atoms with Gasteiger partial charge in [-0.2, -0.15) is 0 Å². The van der Waals surface area contributed by atoms with E-state index in [1.165, 1.54) is 7.11 Å². The third-order valence-corrected chi connectivity index (χ3v) is 2.37. The number of hydrogen-bond acceptors (Lipinski definition) is 5. The van der Waals surface area contributed by atoms with Gasteiger partial charge in [-0.3, -0.25) is 4.98 Å². The number of nitrogens with zero attached hydrogens (tertiary/aromatic N) is 2. The van der Waals surface area contributed by atoms with Crippen LogP contribution in [0.4, 0.5) is 5.69 Å². The fourth-order valence-electron chi connectivity index (χ4n) is 1.46. The molecule has 1 N–H and O–H groups in total.